The molecular formula is C10H13BF2. The molecule has 0 nitrogen and oxygen atoms in total. The van der Waals surface area contributed by atoms with Crippen LogP contribution >= 0.6 is 0 Å². The second-order valence-corrected chi connectivity index (χ2v) is 2.55. The highest BCUT2D eigenvalue weighted by atomic mass is 19.2. The van der Waals surface area contributed by atoms with E-state index in [-0.39, 0.29) is 6.33 Å². The first-order chi connectivity index (χ1) is 6.19. The molecule has 0 aromatic rings. The molecule has 0 amide bonds. The van der Waals surface area contributed by atoms with E-state index in [0.29, 0.717) is 18.3 Å². The summed E-state index contributed by atoms with van der Waals surface area (Å²) in [6, 6.07) is 0. The second-order valence-electron chi connectivity index (χ2n) is 2.55. The normalized spacial score (nSPS) is 14.9. The maximum Gasteiger partial charge on any atom is 0.154 e. The molecule has 13 heavy (non-hydrogen) atoms. The summed E-state index contributed by atoms with van der Waals surface area (Å²) in [5, 5.41) is 0. The average Bonchev–Trinajstić information content (AvgIpc) is 2.19. The van der Waals surface area contributed by atoms with Gasteiger partial charge in [-0.2, -0.15) is 0 Å². The second kappa shape index (κ2) is 6.64. The van der Waals surface area contributed by atoms with Crippen molar-refractivity contribution in [2.24, 2.45) is 0 Å². The van der Waals surface area contributed by atoms with Gasteiger partial charge in [0.05, 0.1) is 7.85 Å². The zero-order valence-corrected chi connectivity index (χ0v) is 7.98. The third-order valence-electron chi connectivity index (χ3n) is 1.75. The summed E-state index contributed by atoms with van der Waals surface area (Å²) in [5.41, 5.74) is 1.13. The van der Waals surface area contributed by atoms with Crippen LogP contribution in [0.2, 0.25) is 6.32 Å². The summed E-state index contributed by atoms with van der Waals surface area (Å²) in [4.78, 5) is 0. The Morgan fingerprint density at radius 1 is 1.46 bits per heavy atom. The van der Waals surface area contributed by atoms with Crippen LogP contribution in [-0.2, 0) is 0 Å². The van der Waals surface area contributed by atoms with Gasteiger partial charge < -0.3 is 0 Å². The van der Waals surface area contributed by atoms with E-state index >= 15 is 0 Å². The Labute approximate surface area is 79.4 Å². The number of allylic oxidation sites excluding steroid dienone is 5. The first-order valence-corrected chi connectivity index (χ1v) is 4.21. The maximum absolute atomic E-state index is 12.8. The fraction of sp³-hybridized carbons (Fsp3) is 0.400. The molecule has 0 bridgehead atoms. The molecule has 70 valence electrons. The molecule has 0 unspecified atom stereocenters. The molecule has 0 aromatic heterocycles. The van der Waals surface area contributed by atoms with Crippen LogP contribution in [0.15, 0.2) is 35.5 Å². The van der Waals surface area contributed by atoms with Gasteiger partial charge in [-0.3, -0.25) is 0 Å². The molecule has 0 aromatic carbocycles. The lowest BCUT2D eigenvalue weighted by Crippen LogP contribution is -1.85. The number of rotatable bonds is 4. The number of hydrogen-bond acceptors (Lipinski definition) is 0. The van der Waals surface area contributed by atoms with Crippen molar-refractivity contribution < 1.29 is 8.78 Å². The monoisotopic (exact) mass is 182 g/mol. The van der Waals surface area contributed by atoms with Gasteiger partial charge in [0.25, 0.3) is 0 Å². The predicted molar refractivity (Wildman–Crippen MR) is 53.0 cm³/mol. The third-order valence-corrected chi connectivity index (χ3v) is 1.75. The highest BCUT2D eigenvalue weighted by molar-refractivity contribution is 6.10. The van der Waals surface area contributed by atoms with E-state index < -0.39 is 5.83 Å². The summed E-state index contributed by atoms with van der Waals surface area (Å²) < 4.78 is 24.6. The van der Waals surface area contributed by atoms with E-state index in [1.54, 1.807) is 19.1 Å². The Balaban J connectivity index is 4.75. The van der Waals surface area contributed by atoms with Gasteiger partial charge in [-0.05, 0) is 18.9 Å². The van der Waals surface area contributed by atoms with Gasteiger partial charge in [0.15, 0.2) is 5.83 Å². The number of hydrogen-bond donors (Lipinski definition) is 0. The number of halogens is 2. The molecule has 0 rings (SSSR count). The summed E-state index contributed by atoms with van der Waals surface area (Å²) >= 11 is 0. The highest BCUT2D eigenvalue weighted by Crippen LogP contribution is 2.18. The van der Waals surface area contributed by atoms with Gasteiger partial charge >= 0.3 is 0 Å². The van der Waals surface area contributed by atoms with Gasteiger partial charge in [0.1, 0.15) is 6.33 Å². The highest BCUT2D eigenvalue weighted by Gasteiger charge is 2.02. The fourth-order valence-electron chi connectivity index (χ4n) is 0.894. The van der Waals surface area contributed by atoms with E-state index in [1.165, 1.54) is 0 Å². The Morgan fingerprint density at radius 2 is 2.08 bits per heavy atom. The van der Waals surface area contributed by atoms with Crippen LogP contribution in [0.4, 0.5) is 8.78 Å². The minimum Gasteiger partial charge on any atom is -0.212 e. The molecule has 3 heteroatoms. The van der Waals surface area contributed by atoms with E-state index in [2.05, 4.69) is 0 Å². The molecule has 0 N–H and O–H groups in total. The van der Waals surface area contributed by atoms with Crippen molar-refractivity contribution in [3.05, 3.63) is 35.5 Å². The molecule has 0 aliphatic carbocycles. The van der Waals surface area contributed by atoms with Crippen LogP contribution in [0, 0.1) is 0 Å². The summed E-state index contributed by atoms with van der Waals surface area (Å²) in [6.07, 6.45) is 4.11. The van der Waals surface area contributed by atoms with E-state index in [0.717, 1.165) is 5.57 Å². The molecule has 0 heterocycles. The molecular weight excluding hydrogens is 169 g/mol. The van der Waals surface area contributed by atoms with Crippen molar-refractivity contribution in [2.75, 3.05) is 0 Å². The summed E-state index contributed by atoms with van der Waals surface area (Å²) in [5.74, 6) is -0.824. The molecule has 2 radical (unpaired) electrons. The Hall–Kier alpha value is -0.855. The van der Waals surface area contributed by atoms with Crippen LogP contribution in [0.3, 0.4) is 0 Å². The van der Waals surface area contributed by atoms with Crippen molar-refractivity contribution in [1.29, 1.82) is 0 Å². The zero-order chi connectivity index (χ0) is 10.3. The Kier molecular flexibility index (Phi) is 6.20. The summed E-state index contributed by atoms with van der Waals surface area (Å²) in [7, 11) is 5.38. The van der Waals surface area contributed by atoms with Crippen molar-refractivity contribution in [3.63, 3.8) is 0 Å². The van der Waals surface area contributed by atoms with E-state index in [1.807, 2.05) is 6.92 Å². The molecule has 0 aliphatic rings. The summed E-state index contributed by atoms with van der Waals surface area (Å²) in [6.45, 7) is 3.57. The van der Waals surface area contributed by atoms with E-state index in [4.69, 9.17) is 7.85 Å². The lowest BCUT2D eigenvalue weighted by Gasteiger charge is -2.02. The van der Waals surface area contributed by atoms with Crippen molar-refractivity contribution >= 4 is 7.85 Å². The minimum atomic E-state index is -0.824. The maximum atomic E-state index is 12.8. The van der Waals surface area contributed by atoms with Crippen LogP contribution in [0.25, 0.3) is 0 Å². The smallest absolute Gasteiger partial charge is 0.154 e. The first kappa shape index (κ1) is 12.1. The van der Waals surface area contributed by atoms with Gasteiger partial charge in [0, 0.05) is 0 Å². The lowest BCUT2D eigenvalue weighted by atomic mass is 9.94. The molecule has 0 spiro atoms. The molecule has 0 saturated heterocycles. The van der Waals surface area contributed by atoms with Crippen LogP contribution in [-0.4, -0.2) is 7.85 Å². The van der Waals surface area contributed by atoms with Crippen LogP contribution < -0.4 is 0 Å². The quantitative estimate of drug-likeness (QED) is 0.459. The standard InChI is InChI=1S/C10H13BF2/c1-3-8(6-11)5-9(4-2)10(13)7-12/h3,5,7H,4,6H2,1-2H3/b8-3+,9-5-,10-7-. The molecule has 0 fully saturated rings. The molecule has 0 aliphatic heterocycles. The van der Waals surface area contributed by atoms with E-state index in [9.17, 15) is 8.78 Å². The van der Waals surface area contributed by atoms with Crippen LogP contribution in [0.1, 0.15) is 20.3 Å². The van der Waals surface area contributed by atoms with Gasteiger partial charge in [0.2, 0.25) is 0 Å². The van der Waals surface area contributed by atoms with Crippen molar-refractivity contribution in [1.82, 2.24) is 0 Å². The lowest BCUT2D eigenvalue weighted by molar-refractivity contribution is 0.589. The van der Waals surface area contributed by atoms with Gasteiger partial charge in [-0.15, -0.1) is 0 Å². The van der Waals surface area contributed by atoms with Crippen molar-refractivity contribution in [3.8, 4) is 0 Å². The average molecular weight is 182 g/mol. The van der Waals surface area contributed by atoms with Gasteiger partial charge in [-0.1, -0.05) is 31.0 Å². The zero-order valence-electron chi connectivity index (χ0n) is 7.98. The molecule has 0 saturated carbocycles. The first-order valence-electron chi connectivity index (χ1n) is 4.21. The van der Waals surface area contributed by atoms with Crippen molar-refractivity contribution in [2.45, 2.75) is 26.6 Å². The SMILES string of the molecule is [B]CC(=C/C)/C=C(CC)\C(F)=C\F. The molecule has 0 atom stereocenters. The topological polar surface area (TPSA) is 0 Å². The minimum absolute atomic E-state index is 0.0286. The Morgan fingerprint density at radius 3 is 2.38 bits per heavy atom. The third kappa shape index (κ3) is 4.06. The predicted octanol–water partition coefficient (Wildman–Crippen LogP) is 3.64. The van der Waals surface area contributed by atoms with Gasteiger partial charge in [-0.25, -0.2) is 8.78 Å². The Bertz CT molecular complexity index is 239. The van der Waals surface area contributed by atoms with Crippen LogP contribution in [0.5, 0.6) is 0 Å². The largest absolute Gasteiger partial charge is 0.212 e. The fourth-order valence-corrected chi connectivity index (χ4v) is 0.894.